The van der Waals surface area contributed by atoms with Gasteiger partial charge >= 0.3 is 12.1 Å². The number of hydrogen-bond donors (Lipinski definition) is 0. The van der Waals surface area contributed by atoms with E-state index in [1.807, 2.05) is 0 Å². The lowest BCUT2D eigenvalue weighted by Crippen LogP contribution is -2.46. The maximum atomic E-state index is 12.7. The number of rotatable bonds is 4. The minimum absolute atomic E-state index is 0.324. The number of halogens is 3. The molecule has 0 heterocycles. The van der Waals surface area contributed by atoms with Crippen molar-refractivity contribution in [1.29, 1.82) is 0 Å². The Kier molecular flexibility index (Phi) is 4.42. The highest BCUT2D eigenvalue weighted by Crippen LogP contribution is 2.42. The molecule has 0 aromatic rings. The van der Waals surface area contributed by atoms with E-state index in [-0.39, 0.29) is 6.42 Å². The zero-order chi connectivity index (χ0) is 13.2. The van der Waals surface area contributed by atoms with Crippen LogP contribution in [0.5, 0.6) is 0 Å². The summed E-state index contributed by atoms with van der Waals surface area (Å²) in [5, 5.41) is 0. The highest BCUT2D eigenvalue weighted by Gasteiger charge is 2.57. The van der Waals surface area contributed by atoms with Gasteiger partial charge in [0.1, 0.15) is 5.60 Å². The number of hydrogen-bond acceptors (Lipinski definition) is 2. The third kappa shape index (κ3) is 3.12. The maximum absolute atomic E-state index is 12.7. The van der Waals surface area contributed by atoms with Crippen molar-refractivity contribution in [1.82, 2.24) is 0 Å². The Labute approximate surface area is 94.2 Å². The van der Waals surface area contributed by atoms with Crippen LogP contribution in [0, 0.1) is 5.41 Å². The second-order valence-electron chi connectivity index (χ2n) is 4.69. The van der Waals surface area contributed by atoms with Crippen molar-refractivity contribution in [3.8, 4) is 0 Å². The van der Waals surface area contributed by atoms with Gasteiger partial charge in [-0.05, 0) is 33.6 Å². The smallest absolute Gasteiger partial charge is 0.404 e. The predicted octanol–water partition coefficient (Wildman–Crippen LogP) is 3.70. The molecule has 96 valence electrons. The zero-order valence-corrected chi connectivity index (χ0v) is 10.4. The molecule has 0 radical (unpaired) electrons. The lowest BCUT2D eigenvalue weighted by atomic mass is 9.86. The Morgan fingerprint density at radius 1 is 1.06 bits per heavy atom. The van der Waals surface area contributed by atoms with Crippen molar-refractivity contribution in [2.75, 3.05) is 0 Å². The second-order valence-corrected chi connectivity index (χ2v) is 4.69. The van der Waals surface area contributed by atoms with Gasteiger partial charge in [0.2, 0.25) is 0 Å². The van der Waals surface area contributed by atoms with Gasteiger partial charge in [-0.25, -0.2) is 0 Å². The van der Waals surface area contributed by atoms with Gasteiger partial charge in [-0.3, -0.25) is 4.79 Å². The molecule has 0 aliphatic heterocycles. The Morgan fingerprint density at radius 2 is 1.50 bits per heavy atom. The summed E-state index contributed by atoms with van der Waals surface area (Å²) in [7, 11) is 0. The van der Waals surface area contributed by atoms with Gasteiger partial charge in [-0.15, -0.1) is 0 Å². The van der Waals surface area contributed by atoms with E-state index < -0.39 is 23.2 Å². The fourth-order valence-corrected chi connectivity index (χ4v) is 0.896. The lowest BCUT2D eigenvalue weighted by molar-refractivity contribution is -0.236. The quantitative estimate of drug-likeness (QED) is 0.700. The Balaban J connectivity index is 4.95. The normalized spacial score (nSPS) is 16.8. The van der Waals surface area contributed by atoms with Crippen LogP contribution in [-0.2, 0) is 9.53 Å². The average Bonchev–Trinajstić information content (AvgIpc) is 2.14. The maximum Gasteiger partial charge on any atom is 0.404 e. The molecule has 0 saturated heterocycles. The highest BCUT2D eigenvalue weighted by atomic mass is 19.4. The fourth-order valence-electron chi connectivity index (χ4n) is 0.896. The van der Waals surface area contributed by atoms with Crippen LogP contribution in [0.25, 0.3) is 0 Å². The van der Waals surface area contributed by atoms with Crippen LogP contribution in [0.3, 0.4) is 0 Å². The molecule has 2 nitrogen and oxygen atoms in total. The summed E-state index contributed by atoms with van der Waals surface area (Å²) >= 11 is 0. The molecule has 0 spiro atoms. The van der Waals surface area contributed by atoms with Crippen LogP contribution >= 0.6 is 0 Å². The van der Waals surface area contributed by atoms with Crippen LogP contribution in [0.1, 0.15) is 47.5 Å². The zero-order valence-electron chi connectivity index (χ0n) is 10.4. The summed E-state index contributed by atoms with van der Waals surface area (Å²) < 4.78 is 43.1. The number of carbonyl (C=O) groups is 1. The molecular formula is C11H19F3O2. The van der Waals surface area contributed by atoms with Gasteiger partial charge in [0.05, 0.1) is 0 Å². The molecule has 0 saturated carbocycles. The van der Waals surface area contributed by atoms with Crippen molar-refractivity contribution < 1.29 is 22.7 Å². The Hall–Kier alpha value is -0.740. The van der Waals surface area contributed by atoms with Gasteiger partial charge in [0.25, 0.3) is 0 Å². The topological polar surface area (TPSA) is 26.3 Å². The molecule has 0 fully saturated rings. The minimum atomic E-state index is -4.58. The van der Waals surface area contributed by atoms with Crippen molar-refractivity contribution in [2.45, 2.75) is 59.2 Å². The van der Waals surface area contributed by atoms with E-state index in [0.29, 0.717) is 6.42 Å². The molecule has 0 bridgehead atoms. The first-order valence-electron chi connectivity index (χ1n) is 5.30. The monoisotopic (exact) mass is 240 g/mol. The molecule has 0 aliphatic carbocycles. The third-order valence-electron chi connectivity index (χ3n) is 3.00. The van der Waals surface area contributed by atoms with E-state index in [1.54, 1.807) is 20.8 Å². The number of esters is 1. The predicted molar refractivity (Wildman–Crippen MR) is 54.9 cm³/mol. The first-order chi connectivity index (χ1) is 7.00. The molecule has 0 amide bonds. The third-order valence-corrected chi connectivity index (χ3v) is 3.00. The van der Waals surface area contributed by atoms with Gasteiger partial charge < -0.3 is 4.74 Å². The largest absolute Gasteiger partial charge is 0.459 e. The Bertz CT molecular complexity index is 258. The SMILES string of the molecule is CCC(C)(C)OC(=O)C(C)(CC)C(F)(F)F. The second kappa shape index (κ2) is 4.63. The van der Waals surface area contributed by atoms with Crippen LogP contribution in [0.4, 0.5) is 13.2 Å². The molecule has 1 unspecified atom stereocenters. The van der Waals surface area contributed by atoms with E-state index in [1.165, 1.54) is 6.92 Å². The molecular weight excluding hydrogens is 221 g/mol. The molecule has 0 aromatic heterocycles. The van der Waals surface area contributed by atoms with E-state index >= 15 is 0 Å². The summed E-state index contributed by atoms with van der Waals surface area (Å²) in [5.74, 6) is -1.20. The highest BCUT2D eigenvalue weighted by molar-refractivity contribution is 5.77. The average molecular weight is 240 g/mol. The summed E-state index contributed by atoms with van der Waals surface area (Å²) in [6.07, 6.45) is -4.44. The minimum Gasteiger partial charge on any atom is -0.459 e. The molecule has 0 N–H and O–H groups in total. The lowest BCUT2D eigenvalue weighted by Gasteiger charge is -2.33. The summed E-state index contributed by atoms with van der Waals surface area (Å²) in [4.78, 5) is 11.6. The number of carbonyl (C=O) groups excluding carboxylic acids is 1. The molecule has 16 heavy (non-hydrogen) atoms. The van der Waals surface area contributed by atoms with Gasteiger partial charge in [-0.1, -0.05) is 13.8 Å². The Morgan fingerprint density at radius 3 is 1.75 bits per heavy atom. The summed E-state index contributed by atoms with van der Waals surface area (Å²) in [5.41, 5.74) is -3.28. The van der Waals surface area contributed by atoms with Crippen molar-refractivity contribution in [3.05, 3.63) is 0 Å². The first kappa shape index (κ1) is 15.3. The van der Waals surface area contributed by atoms with Gasteiger partial charge in [-0.2, -0.15) is 13.2 Å². The standard InChI is InChI=1S/C11H19F3O2/c1-6-9(3,4)16-8(15)10(5,7-2)11(12,13)14/h6-7H2,1-5H3. The first-order valence-corrected chi connectivity index (χ1v) is 5.30. The van der Waals surface area contributed by atoms with Crippen LogP contribution < -0.4 is 0 Å². The molecule has 0 aromatic carbocycles. The van der Waals surface area contributed by atoms with Crippen molar-refractivity contribution in [2.24, 2.45) is 5.41 Å². The number of alkyl halides is 3. The van der Waals surface area contributed by atoms with E-state index in [4.69, 9.17) is 4.74 Å². The van der Waals surface area contributed by atoms with E-state index in [2.05, 4.69) is 0 Å². The summed E-state index contributed by atoms with van der Waals surface area (Å²) in [6, 6.07) is 0. The van der Waals surface area contributed by atoms with Gasteiger partial charge in [0.15, 0.2) is 5.41 Å². The number of ether oxygens (including phenoxy) is 1. The van der Waals surface area contributed by atoms with E-state index in [9.17, 15) is 18.0 Å². The molecule has 1 atom stereocenters. The van der Waals surface area contributed by atoms with Crippen LogP contribution in [0.2, 0.25) is 0 Å². The molecule has 5 heteroatoms. The van der Waals surface area contributed by atoms with Gasteiger partial charge in [0, 0.05) is 0 Å². The molecule has 0 aliphatic rings. The van der Waals surface area contributed by atoms with E-state index in [0.717, 1.165) is 6.92 Å². The summed E-state index contributed by atoms with van der Waals surface area (Å²) in [6.45, 7) is 7.15. The van der Waals surface area contributed by atoms with Crippen molar-refractivity contribution >= 4 is 5.97 Å². The van der Waals surface area contributed by atoms with Crippen LogP contribution in [0.15, 0.2) is 0 Å². The van der Waals surface area contributed by atoms with Crippen LogP contribution in [-0.4, -0.2) is 17.7 Å². The molecule has 0 rings (SSSR count). The fraction of sp³-hybridized carbons (Fsp3) is 0.909. The van der Waals surface area contributed by atoms with Crippen molar-refractivity contribution in [3.63, 3.8) is 0 Å².